The van der Waals surface area contributed by atoms with Gasteiger partial charge < -0.3 is 20.3 Å². The number of halogens is 1. The SMILES string of the molecule is C[C@@H]1[C@@H](NC(=O)C2CCS(=O)(=O)N2Cc2cccc(CNC(c3ccccc3Oc3ccc(F)cc3)[C@H](CN(C)C)CC(C)(C)C)c2)C[C@H]2C[C@@H]1C2(C)C. The van der Waals surface area contributed by atoms with E-state index >= 15 is 0 Å². The number of para-hydroxylation sites is 1. The Kier molecular flexibility index (Phi) is 12.0. The lowest BCUT2D eigenvalue weighted by molar-refractivity contribution is -0.136. The number of ether oxygens (including phenoxy) is 1. The second-order valence-corrected chi connectivity index (χ2v) is 20.3. The lowest BCUT2D eigenvalue weighted by Crippen LogP contribution is -2.61. The van der Waals surface area contributed by atoms with E-state index in [2.05, 4.69) is 89.4 Å². The fourth-order valence-electron chi connectivity index (χ4n) is 9.59. The highest BCUT2D eigenvalue weighted by molar-refractivity contribution is 7.89. The predicted octanol–water partition coefficient (Wildman–Crippen LogP) is 8.15. The molecule has 10 heteroatoms. The van der Waals surface area contributed by atoms with Crippen LogP contribution in [0.2, 0.25) is 0 Å². The fraction of sp³-hybridized carbons (Fsp3) is 0.568. The average molecular weight is 761 g/mol. The van der Waals surface area contributed by atoms with Gasteiger partial charge in [0.1, 0.15) is 23.4 Å². The Morgan fingerprint density at radius 3 is 2.39 bits per heavy atom. The van der Waals surface area contributed by atoms with Crippen molar-refractivity contribution in [3.63, 3.8) is 0 Å². The van der Waals surface area contributed by atoms with Crippen LogP contribution >= 0.6 is 0 Å². The number of fused-ring (bicyclic) bond motifs is 2. The fourth-order valence-corrected chi connectivity index (χ4v) is 11.3. The minimum atomic E-state index is -3.58. The monoisotopic (exact) mass is 760 g/mol. The zero-order valence-corrected chi connectivity index (χ0v) is 34.3. The molecule has 2 N–H and O–H groups in total. The molecule has 54 heavy (non-hydrogen) atoms. The molecule has 2 unspecified atom stereocenters. The van der Waals surface area contributed by atoms with Crippen LogP contribution in [0.4, 0.5) is 4.39 Å². The van der Waals surface area contributed by atoms with Crippen LogP contribution in [0.1, 0.15) is 90.0 Å². The van der Waals surface area contributed by atoms with E-state index in [1.54, 1.807) is 12.1 Å². The second kappa shape index (κ2) is 16.0. The van der Waals surface area contributed by atoms with E-state index in [0.717, 1.165) is 36.1 Å². The summed E-state index contributed by atoms with van der Waals surface area (Å²) >= 11 is 0. The Balaban J connectivity index is 1.20. The van der Waals surface area contributed by atoms with Crippen LogP contribution in [0.25, 0.3) is 0 Å². The average Bonchev–Trinajstić information content (AvgIpc) is 3.39. The minimum absolute atomic E-state index is 0.0209. The predicted molar refractivity (Wildman–Crippen MR) is 214 cm³/mol. The number of hydrogen-bond acceptors (Lipinski definition) is 6. The van der Waals surface area contributed by atoms with Gasteiger partial charge in [0.15, 0.2) is 0 Å². The third kappa shape index (κ3) is 9.20. The highest BCUT2D eigenvalue weighted by atomic mass is 32.2. The maximum Gasteiger partial charge on any atom is 0.238 e. The van der Waals surface area contributed by atoms with Crippen molar-refractivity contribution in [2.24, 2.45) is 34.5 Å². The van der Waals surface area contributed by atoms with Crippen molar-refractivity contribution in [1.82, 2.24) is 19.8 Å². The third-order valence-electron chi connectivity index (χ3n) is 12.4. The minimum Gasteiger partial charge on any atom is -0.457 e. The number of amides is 1. The Labute approximate surface area is 323 Å². The molecule has 3 aromatic rings. The molecule has 1 aliphatic heterocycles. The topological polar surface area (TPSA) is 91.0 Å². The largest absolute Gasteiger partial charge is 0.457 e. The number of nitrogens with one attached hydrogen (secondary N) is 2. The maximum atomic E-state index is 13.7. The van der Waals surface area contributed by atoms with E-state index in [1.165, 1.54) is 22.9 Å². The van der Waals surface area contributed by atoms with Gasteiger partial charge in [-0.05, 0) is 116 Å². The quantitative estimate of drug-likeness (QED) is 0.173. The highest BCUT2D eigenvalue weighted by Crippen LogP contribution is 2.61. The summed E-state index contributed by atoms with van der Waals surface area (Å²) in [5, 5.41) is 7.18. The molecule has 2 bridgehead atoms. The molecule has 0 spiro atoms. The number of benzene rings is 3. The summed E-state index contributed by atoms with van der Waals surface area (Å²) in [5.41, 5.74) is 3.25. The van der Waals surface area contributed by atoms with Crippen molar-refractivity contribution >= 4 is 15.9 Å². The first kappa shape index (κ1) is 40.4. The molecule has 294 valence electrons. The molecule has 0 radical (unpaired) electrons. The molecule has 8 nitrogen and oxygen atoms in total. The smallest absolute Gasteiger partial charge is 0.238 e. The van der Waals surface area contributed by atoms with E-state index in [4.69, 9.17) is 4.74 Å². The van der Waals surface area contributed by atoms with Crippen molar-refractivity contribution in [3.8, 4) is 11.5 Å². The van der Waals surface area contributed by atoms with Gasteiger partial charge in [-0.3, -0.25) is 4.79 Å². The van der Waals surface area contributed by atoms with Gasteiger partial charge in [0.25, 0.3) is 0 Å². The number of carbonyl (C=O) groups is 1. The van der Waals surface area contributed by atoms with Crippen molar-refractivity contribution in [3.05, 3.63) is 95.3 Å². The maximum absolute atomic E-state index is 13.7. The Hall–Kier alpha value is -3.31. The van der Waals surface area contributed by atoms with Crippen molar-refractivity contribution in [2.45, 2.75) is 98.4 Å². The van der Waals surface area contributed by atoms with E-state index < -0.39 is 16.1 Å². The first-order chi connectivity index (χ1) is 25.4. The van der Waals surface area contributed by atoms with Crippen molar-refractivity contribution in [1.29, 1.82) is 0 Å². The lowest BCUT2D eigenvalue weighted by atomic mass is 9.45. The van der Waals surface area contributed by atoms with Crippen LogP contribution in [-0.4, -0.2) is 62.0 Å². The summed E-state index contributed by atoms with van der Waals surface area (Å²) in [6.07, 6.45) is 3.43. The van der Waals surface area contributed by atoms with Gasteiger partial charge in [-0.25, -0.2) is 12.8 Å². The van der Waals surface area contributed by atoms with Crippen LogP contribution in [0, 0.1) is 40.3 Å². The summed E-state index contributed by atoms with van der Waals surface area (Å²) < 4.78 is 48.3. The first-order valence-electron chi connectivity index (χ1n) is 19.7. The molecular formula is C44H61FN4O4S. The van der Waals surface area contributed by atoms with Gasteiger partial charge >= 0.3 is 0 Å². The Bertz CT molecular complexity index is 1880. The summed E-state index contributed by atoms with van der Waals surface area (Å²) in [5.74, 6) is 2.54. The Morgan fingerprint density at radius 2 is 1.72 bits per heavy atom. The molecule has 3 saturated carbocycles. The molecule has 4 fully saturated rings. The van der Waals surface area contributed by atoms with Gasteiger partial charge in [-0.2, -0.15) is 4.31 Å². The zero-order valence-electron chi connectivity index (χ0n) is 33.4. The van der Waals surface area contributed by atoms with Gasteiger partial charge in [0, 0.05) is 37.3 Å². The molecule has 4 aliphatic rings. The van der Waals surface area contributed by atoms with Crippen LogP contribution in [0.15, 0.2) is 72.8 Å². The summed E-state index contributed by atoms with van der Waals surface area (Å²) in [7, 11) is 0.602. The normalized spacial score (nSPS) is 25.9. The van der Waals surface area contributed by atoms with Crippen LogP contribution in [-0.2, 0) is 27.9 Å². The number of sulfonamides is 1. The van der Waals surface area contributed by atoms with Crippen LogP contribution in [0.5, 0.6) is 11.5 Å². The van der Waals surface area contributed by atoms with Gasteiger partial charge in [0.2, 0.25) is 15.9 Å². The molecular weight excluding hydrogens is 700 g/mol. The van der Waals surface area contributed by atoms with E-state index in [1.807, 2.05) is 30.3 Å². The summed E-state index contributed by atoms with van der Waals surface area (Å²) in [6, 6.07) is 21.4. The number of rotatable bonds is 14. The summed E-state index contributed by atoms with van der Waals surface area (Å²) in [4.78, 5) is 16.0. The number of nitrogens with zero attached hydrogens (tertiary/aromatic N) is 2. The van der Waals surface area contributed by atoms with Crippen molar-refractivity contribution < 1.29 is 22.3 Å². The number of hydrogen-bond donors (Lipinski definition) is 2. The van der Waals surface area contributed by atoms with Gasteiger partial charge in [-0.15, -0.1) is 0 Å². The van der Waals surface area contributed by atoms with Crippen LogP contribution < -0.4 is 15.4 Å². The van der Waals surface area contributed by atoms with Gasteiger partial charge in [0.05, 0.1) is 5.75 Å². The highest BCUT2D eigenvalue weighted by Gasteiger charge is 2.56. The third-order valence-corrected chi connectivity index (χ3v) is 14.3. The molecule has 1 heterocycles. The molecule has 1 saturated heterocycles. The van der Waals surface area contributed by atoms with Crippen molar-refractivity contribution in [2.75, 3.05) is 26.4 Å². The molecule has 7 atom stereocenters. The second-order valence-electron chi connectivity index (χ2n) is 18.3. The Morgan fingerprint density at radius 1 is 1.02 bits per heavy atom. The van der Waals surface area contributed by atoms with E-state index in [-0.39, 0.29) is 47.4 Å². The van der Waals surface area contributed by atoms with E-state index in [0.29, 0.717) is 47.6 Å². The molecule has 0 aromatic heterocycles. The summed E-state index contributed by atoms with van der Waals surface area (Å²) in [6.45, 7) is 15.2. The zero-order chi connectivity index (χ0) is 39.0. The van der Waals surface area contributed by atoms with E-state index in [9.17, 15) is 17.6 Å². The van der Waals surface area contributed by atoms with Crippen LogP contribution in [0.3, 0.4) is 0 Å². The lowest BCUT2D eigenvalue weighted by Gasteiger charge is -2.62. The number of carbonyl (C=O) groups excluding carboxylic acids is 1. The van der Waals surface area contributed by atoms with Gasteiger partial charge in [-0.1, -0.05) is 84.0 Å². The molecule has 3 aliphatic carbocycles. The molecule has 1 amide bonds. The molecule has 7 rings (SSSR count). The standard InChI is InChI=1S/C44H61FN4O4S/c1-29-37-23-33(44(37,5)6)24-38(29)47-42(50)39-20-21-54(51,52)49(39)27-31-13-11-12-30(22-31)26-46-41(32(28-48(7)8)25-43(2,3)4)36-14-9-10-15-40(36)53-35-18-16-34(45)17-19-35/h9-19,22,29,32-33,37-39,41,46H,20-21,23-28H2,1-8H3,(H,47,50)/t29-,32-,33+,37-,38-,39?,41?/m0/s1. The molecule has 3 aromatic carbocycles. The first-order valence-corrected chi connectivity index (χ1v) is 21.3.